The number of benzene rings is 1. The number of nitrogens with two attached hydrogens (primary N) is 1. The van der Waals surface area contributed by atoms with Gasteiger partial charge in [0, 0.05) is 40.9 Å². The highest BCUT2D eigenvalue weighted by molar-refractivity contribution is 6.00. The van der Waals surface area contributed by atoms with Gasteiger partial charge in [-0.15, -0.1) is 0 Å². The van der Waals surface area contributed by atoms with Gasteiger partial charge in [-0.1, -0.05) is 6.07 Å². The fraction of sp³-hybridized carbons (Fsp3) is 0.321. The van der Waals surface area contributed by atoms with E-state index in [4.69, 9.17) is 10.7 Å². The highest BCUT2D eigenvalue weighted by Crippen LogP contribution is 2.44. The van der Waals surface area contributed by atoms with Crippen molar-refractivity contribution < 1.29 is 19.1 Å². The Labute approximate surface area is 218 Å². The van der Waals surface area contributed by atoms with Crippen LogP contribution >= 0.6 is 0 Å². The number of carbonyl (C=O) groups is 2. The first kappa shape index (κ1) is 24.2. The van der Waals surface area contributed by atoms with Gasteiger partial charge in [-0.3, -0.25) is 14.6 Å². The summed E-state index contributed by atoms with van der Waals surface area (Å²) in [6.45, 7) is 0.977. The van der Waals surface area contributed by atoms with Crippen molar-refractivity contribution in [1.29, 1.82) is 0 Å². The lowest BCUT2D eigenvalue weighted by Crippen LogP contribution is -2.47. The topological polar surface area (TPSA) is 127 Å². The Kier molecular flexibility index (Phi) is 5.91. The quantitative estimate of drug-likeness (QED) is 0.390. The average molecular weight is 515 g/mol. The molecular formula is C28H27FN6O3. The molecule has 5 heterocycles. The lowest BCUT2D eigenvalue weighted by Gasteiger charge is -2.39. The lowest BCUT2D eigenvalue weighted by molar-refractivity contribution is -0.138. The van der Waals surface area contributed by atoms with Crippen LogP contribution in [0.1, 0.15) is 54.6 Å². The van der Waals surface area contributed by atoms with Crippen LogP contribution in [0.15, 0.2) is 48.8 Å². The molecule has 0 radical (unpaired) electrons. The minimum absolute atomic E-state index is 0.00467. The average Bonchev–Trinajstić information content (AvgIpc) is 3.46. The molecule has 2 aliphatic rings. The third-order valence-electron chi connectivity index (χ3n) is 7.82. The number of hydrogen-bond donors (Lipinski definition) is 2. The molecule has 9 nitrogen and oxygen atoms in total. The molecule has 1 amide bonds. The number of carbonyl (C=O) groups excluding carboxylic acids is 2. The zero-order chi connectivity index (χ0) is 26.6. The van der Waals surface area contributed by atoms with Crippen LogP contribution in [0.2, 0.25) is 0 Å². The van der Waals surface area contributed by atoms with Crippen LogP contribution in [0.3, 0.4) is 0 Å². The van der Waals surface area contributed by atoms with Gasteiger partial charge in [-0.05, 0) is 62.9 Å². The zero-order valence-electron chi connectivity index (χ0n) is 20.8. The maximum Gasteiger partial charge on any atom is 0.248 e. The fourth-order valence-electron chi connectivity index (χ4n) is 6.13. The maximum atomic E-state index is 13.3. The number of aliphatic hydroxyl groups excluding tert-OH is 1. The molecule has 2 aliphatic heterocycles. The summed E-state index contributed by atoms with van der Waals surface area (Å²) in [4.78, 5) is 36.4. The number of aromatic nitrogens is 4. The summed E-state index contributed by atoms with van der Waals surface area (Å²) in [5, 5.41) is 13.8. The monoisotopic (exact) mass is 514 g/mol. The van der Waals surface area contributed by atoms with Crippen molar-refractivity contribution in [3.8, 4) is 22.4 Å². The van der Waals surface area contributed by atoms with Crippen LogP contribution in [0.5, 0.6) is 0 Å². The number of halogens is 1. The normalized spacial score (nSPS) is 20.7. The number of rotatable bonds is 5. The summed E-state index contributed by atoms with van der Waals surface area (Å²) in [5.74, 6) is -0.556. The Bertz CT molecular complexity index is 1540. The molecule has 2 saturated heterocycles. The van der Waals surface area contributed by atoms with Crippen LogP contribution < -0.4 is 5.73 Å². The van der Waals surface area contributed by atoms with Gasteiger partial charge in [0.15, 0.2) is 11.4 Å². The molecule has 1 unspecified atom stereocenters. The number of hydrogen-bond acceptors (Lipinski definition) is 7. The smallest absolute Gasteiger partial charge is 0.248 e. The largest absolute Gasteiger partial charge is 0.387 e. The van der Waals surface area contributed by atoms with Crippen molar-refractivity contribution in [3.63, 3.8) is 0 Å². The van der Waals surface area contributed by atoms with Gasteiger partial charge < -0.3 is 15.7 Å². The number of Topliss-reactive ketones (excluding diaryl/α,β-unsaturated/α-hetero) is 1. The summed E-state index contributed by atoms with van der Waals surface area (Å²) in [7, 11) is 0. The van der Waals surface area contributed by atoms with Crippen molar-refractivity contribution in [2.24, 2.45) is 0 Å². The van der Waals surface area contributed by atoms with Gasteiger partial charge in [0.05, 0.1) is 23.1 Å². The highest BCUT2D eigenvalue weighted by Gasteiger charge is 2.44. The van der Waals surface area contributed by atoms with E-state index in [0.29, 0.717) is 35.4 Å². The maximum absolute atomic E-state index is 13.3. The number of nitrogens with zero attached hydrogens (tertiary/aromatic N) is 5. The third kappa shape index (κ3) is 3.92. The molecule has 3 N–H and O–H groups in total. The van der Waals surface area contributed by atoms with E-state index in [9.17, 15) is 19.1 Å². The van der Waals surface area contributed by atoms with E-state index < -0.39 is 6.61 Å². The molecule has 4 aromatic rings. The number of pyridine rings is 1. The second-order valence-electron chi connectivity index (χ2n) is 10.1. The van der Waals surface area contributed by atoms with E-state index in [1.54, 1.807) is 24.5 Å². The molecule has 1 aromatic carbocycles. The predicted molar refractivity (Wildman–Crippen MR) is 139 cm³/mol. The molecule has 3 atom stereocenters. The Morgan fingerprint density at radius 2 is 1.74 bits per heavy atom. The highest BCUT2D eigenvalue weighted by atomic mass is 19.1. The number of nitrogen functional groups attached to an aromatic ring is 1. The van der Waals surface area contributed by atoms with Gasteiger partial charge in [-0.25, -0.2) is 9.37 Å². The van der Waals surface area contributed by atoms with Crippen molar-refractivity contribution in [2.75, 3.05) is 12.3 Å². The van der Waals surface area contributed by atoms with Crippen LogP contribution in [0, 0.1) is 5.82 Å². The van der Waals surface area contributed by atoms with Gasteiger partial charge in [0.1, 0.15) is 18.2 Å². The minimum atomic E-state index is -0.499. The van der Waals surface area contributed by atoms with E-state index >= 15 is 0 Å². The number of anilines is 1. The number of fused-ring (bicyclic) bond motifs is 3. The van der Waals surface area contributed by atoms with Gasteiger partial charge in [0.2, 0.25) is 5.91 Å². The van der Waals surface area contributed by atoms with Gasteiger partial charge in [0.25, 0.3) is 0 Å². The van der Waals surface area contributed by atoms with Crippen LogP contribution in [0.25, 0.3) is 28.0 Å². The first-order valence-corrected chi connectivity index (χ1v) is 12.7. The molecule has 2 bridgehead atoms. The Morgan fingerprint density at radius 3 is 2.34 bits per heavy atom. The molecule has 0 spiro atoms. The Morgan fingerprint density at radius 1 is 1.05 bits per heavy atom. The van der Waals surface area contributed by atoms with Gasteiger partial charge in [-0.2, -0.15) is 9.61 Å². The number of piperidine rings is 1. The Balaban J connectivity index is 1.40. The molecule has 0 saturated carbocycles. The summed E-state index contributed by atoms with van der Waals surface area (Å²) < 4.78 is 14.8. The predicted octanol–water partition coefficient (Wildman–Crippen LogP) is 3.61. The van der Waals surface area contributed by atoms with Crippen molar-refractivity contribution in [1.82, 2.24) is 24.5 Å². The summed E-state index contributed by atoms with van der Waals surface area (Å²) in [5.41, 5.74) is 11.0. The zero-order valence-corrected chi connectivity index (χ0v) is 20.8. The molecule has 2 fully saturated rings. The first-order valence-electron chi connectivity index (χ1n) is 12.7. The van der Waals surface area contributed by atoms with Crippen molar-refractivity contribution in [3.05, 3.63) is 65.9 Å². The molecule has 6 rings (SSSR count). The number of ketones is 1. The third-order valence-corrected chi connectivity index (χ3v) is 7.82. The fourth-order valence-corrected chi connectivity index (χ4v) is 6.13. The molecule has 194 valence electrons. The van der Waals surface area contributed by atoms with E-state index in [1.807, 2.05) is 17.0 Å². The van der Waals surface area contributed by atoms with Crippen LogP contribution in [-0.4, -0.2) is 60.0 Å². The Hall–Kier alpha value is -4.18. The lowest BCUT2D eigenvalue weighted by atomic mass is 9.85. The molecular weight excluding hydrogens is 487 g/mol. The van der Waals surface area contributed by atoms with E-state index in [2.05, 4.69) is 10.1 Å². The minimum Gasteiger partial charge on any atom is -0.387 e. The molecule has 10 heteroatoms. The van der Waals surface area contributed by atoms with Crippen LogP contribution in [-0.2, 0) is 4.79 Å². The van der Waals surface area contributed by atoms with Crippen LogP contribution in [0.4, 0.5) is 10.2 Å². The van der Waals surface area contributed by atoms with Crippen molar-refractivity contribution in [2.45, 2.75) is 50.6 Å². The van der Waals surface area contributed by atoms with Gasteiger partial charge >= 0.3 is 0 Å². The standard InChI is InChI=1S/C28H27FN6O3/c1-15(37)25-26(18-10-20-7-8-21(11-18)34(20)24(38)14-36)33-28-22(13-32-35(28)27(25)30)17-4-9-23(31-12-17)16-2-5-19(29)6-3-16/h2-6,9,12-13,18,20-21,36H,7-8,10-11,14,30H2,1H3/t18?,20-,21+. The second kappa shape index (κ2) is 9.29. The second-order valence-corrected chi connectivity index (χ2v) is 10.1. The summed E-state index contributed by atoms with van der Waals surface area (Å²) in [6.07, 6.45) is 6.41. The summed E-state index contributed by atoms with van der Waals surface area (Å²) >= 11 is 0. The van der Waals surface area contributed by atoms with E-state index in [-0.39, 0.29) is 41.3 Å². The summed E-state index contributed by atoms with van der Waals surface area (Å²) in [6, 6.07) is 9.91. The van der Waals surface area contributed by atoms with Crippen molar-refractivity contribution >= 4 is 23.2 Å². The van der Waals surface area contributed by atoms with E-state index in [0.717, 1.165) is 29.5 Å². The molecule has 3 aromatic heterocycles. The SMILES string of the molecule is CC(=O)c1c(C2C[C@H]3CC[C@@H](C2)N3C(=O)CO)nc2c(-c3ccc(-c4ccc(F)cc4)nc3)cnn2c1N. The number of aliphatic hydroxyl groups is 1. The molecule has 0 aliphatic carbocycles. The number of amides is 1. The first-order chi connectivity index (χ1) is 18.4. The molecule has 38 heavy (non-hydrogen) atoms. The van der Waals surface area contributed by atoms with E-state index in [1.165, 1.54) is 23.6 Å².